The van der Waals surface area contributed by atoms with Gasteiger partial charge in [0, 0.05) is 28.2 Å². The molecule has 164 valence electrons. The molecular formula is C25H26N4O2S. The van der Waals surface area contributed by atoms with E-state index in [4.69, 9.17) is 4.74 Å². The van der Waals surface area contributed by atoms with Crippen molar-refractivity contribution < 1.29 is 9.53 Å². The molecule has 0 spiro atoms. The van der Waals surface area contributed by atoms with Gasteiger partial charge < -0.3 is 9.30 Å². The van der Waals surface area contributed by atoms with Gasteiger partial charge in [-0.3, -0.25) is 9.89 Å². The number of H-pyrrole nitrogens is 1. The summed E-state index contributed by atoms with van der Waals surface area (Å²) < 4.78 is 7.33. The summed E-state index contributed by atoms with van der Waals surface area (Å²) >= 11 is 1.34. The minimum Gasteiger partial charge on any atom is -0.497 e. The third kappa shape index (κ3) is 4.48. The van der Waals surface area contributed by atoms with Gasteiger partial charge in [0.05, 0.1) is 12.9 Å². The van der Waals surface area contributed by atoms with Crippen LogP contribution in [0.1, 0.15) is 34.2 Å². The van der Waals surface area contributed by atoms with Crippen molar-refractivity contribution in [2.75, 3.05) is 12.9 Å². The van der Waals surface area contributed by atoms with Crippen molar-refractivity contribution in [3.8, 4) is 22.8 Å². The molecule has 32 heavy (non-hydrogen) atoms. The molecule has 0 saturated heterocycles. The lowest BCUT2D eigenvalue weighted by atomic mass is 10.1. The number of nitrogens with zero attached hydrogens (tertiary/aromatic N) is 3. The van der Waals surface area contributed by atoms with Crippen molar-refractivity contribution in [2.24, 2.45) is 0 Å². The number of carbonyl (C=O) groups excluding carboxylic acids is 1. The number of aromatic amines is 1. The van der Waals surface area contributed by atoms with Crippen molar-refractivity contribution >= 4 is 17.5 Å². The first-order chi connectivity index (χ1) is 15.5. The van der Waals surface area contributed by atoms with Crippen molar-refractivity contribution in [3.63, 3.8) is 0 Å². The number of Topliss-reactive ketones (excluding diaryl/α,β-unsaturated/α-hetero) is 1. The van der Waals surface area contributed by atoms with Gasteiger partial charge in [0.2, 0.25) is 5.16 Å². The van der Waals surface area contributed by atoms with Gasteiger partial charge in [-0.05, 0) is 56.2 Å². The van der Waals surface area contributed by atoms with Crippen LogP contribution in [0.4, 0.5) is 0 Å². The lowest BCUT2D eigenvalue weighted by molar-refractivity contribution is 0.102. The molecule has 0 amide bonds. The Bertz CT molecular complexity index is 1220. The second-order valence-electron chi connectivity index (χ2n) is 7.55. The molecule has 0 fully saturated rings. The molecular weight excluding hydrogens is 420 g/mol. The van der Waals surface area contributed by atoms with E-state index in [1.807, 2.05) is 56.3 Å². The molecule has 4 aromatic rings. The third-order valence-corrected chi connectivity index (χ3v) is 6.34. The molecule has 0 aliphatic carbocycles. The fourth-order valence-electron chi connectivity index (χ4n) is 3.72. The maximum absolute atomic E-state index is 13.0. The molecule has 0 aliphatic heterocycles. The van der Waals surface area contributed by atoms with Gasteiger partial charge in [0.1, 0.15) is 5.75 Å². The van der Waals surface area contributed by atoms with Crippen molar-refractivity contribution in [1.82, 2.24) is 19.7 Å². The van der Waals surface area contributed by atoms with Crippen LogP contribution in [-0.2, 0) is 6.42 Å². The zero-order valence-electron chi connectivity index (χ0n) is 18.7. The second-order valence-corrected chi connectivity index (χ2v) is 8.49. The van der Waals surface area contributed by atoms with E-state index >= 15 is 0 Å². The van der Waals surface area contributed by atoms with Crippen LogP contribution in [-0.4, -0.2) is 38.4 Å². The molecule has 0 aliphatic rings. The highest BCUT2D eigenvalue weighted by atomic mass is 32.2. The molecule has 2 aromatic carbocycles. The Labute approximate surface area is 192 Å². The monoisotopic (exact) mass is 446 g/mol. The highest BCUT2D eigenvalue weighted by molar-refractivity contribution is 7.99. The number of nitrogens with one attached hydrogen (secondary N) is 1. The summed E-state index contributed by atoms with van der Waals surface area (Å²) in [7, 11) is 1.65. The summed E-state index contributed by atoms with van der Waals surface area (Å²) in [5.74, 6) is 1.84. The summed E-state index contributed by atoms with van der Waals surface area (Å²) in [6.45, 7) is 6.11. The molecule has 1 N–H and O–H groups in total. The number of aryl methyl sites for hydroxylation is 2. The number of benzene rings is 2. The average molecular weight is 447 g/mol. The van der Waals surface area contributed by atoms with Crippen LogP contribution in [0.25, 0.3) is 17.1 Å². The van der Waals surface area contributed by atoms with E-state index in [1.54, 1.807) is 7.11 Å². The van der Waals surface area contributed by atoms with Gasteiger partial charge in [-0.1, -0.05) is 43.0 Å². The quantitative estimate of drug-likeness (QED) is 0.289. The number of methoxy groups -OCH3 is 1. The van der Waals surface area contributed by atoms with Crippen molar-refractivity contribution in [2.45, 2.75) is 32.3 Å². The summed E-state index contributed by atoms with van der Waals surface area (Å²) in [6.07, 6.45) is 0.999. The van der Waals surface area contributed by atoms with E-state index in [0.29, 0.717) is 11.0 Å². The molecule has 7 heteroatoms. The van der Waals surface area contributed by atoms with Gasteiger partial charge in [-0.2, -0.15) is 0 Å². The standard InChI is InChI=1S/C25H26N4O2S/c1-5-18-6-8-19(9-7-18)24-26-25(28-27-24)32-15-23(30)22-14-16(2)29(17(22)3)20-10-12-21(31-4)13-11-20/h6-14H,5,15H2,1-4H3,(H,26,27,28). The highest BCUT2D eigenvalue weighted by Gasteiger charge is 2.18. The Morgan fingerprint density at radius 3 is 2.47 bits per heavy atom. The maximum Gasteiger partial charge on any atom is 0.209 e. The third-order valence-electron chi connectivity index (χ3n) is 5.50. The fourth-order valence-corrected chi connectivity index (χ4v) is 4.40. The van der Waals surface area contributed by atoms with Gasteiger partial charge in [0.15, 0.2) is 11.6 Å². The van der Waals surface area contributed by atoms with Crippen LogP contribution in [0.2, 0.25) is 0 Å². The van der Waals surface area contributed by atoms with E-state index in [0.717, 1.165) is 40.4 Å². The Morgan fingerprint density at radius 2 is 1.81 bits per heavy atom. The normalized spacial score (nSPS) is 11.0. The molecule has 6 nitrogen and oxygen atoms in total. The number of carbonyl (C=O) groups is 1. The molecule has 4 rings (SSSR count). The van der Waals surface area contributed by atoms with Crippen molar-refractivity contribution in [1.29, 1.82) is 0 Å². The lowest BCUT2D eigenvalue weighted by Gasteiger charge is -2.10. The van der Waals surface area contributed by atoms with Gasteiger partial charge in [-0.15, -0.1) is 5.10 Å². The van der Waals surface area contributed by atoms with Crippen LogP contribution >= 0.6 is 11.8 Å². The summed E-state index contributed by atoms with van der Waals surface area (Å²) in [5, 5.41) is 7.80. The maximum atomic E-state index is 13.0. The van der Waals surface area contributed by atoms with E-state index in [9.17, 15) is 4.79 Å². The van der Waals surface area contributed by atoms with E-state index in [-0.39, 0.29) is 11.5 Å². The number of thioether (sulfide) groups is 1. The molecule has 0 saturated carbocycles. The number of rotatable bonds is 8. The van der Waals surface area contributed by atoms with E-state index in [2.05, 4.69) is 38.8 Å². The first kappa shape index (κ1) is 21.9. The predicted octanol–water partition coefficient (Wildman–Crippen LogP) is 5.43. The highest BCUT2D eigenvalue weighted by Crippen LogP contribution is 2.25. The molecule has 0 atom stereocenters. The summed E-state index contributed by atoms with van der Waals surface area (Å²) in [5.41, 5.74) is 5.91. The van der Waals surface area contributed by atoms with Crippen LogP contribution in [0.3, 0.4) is 0 Å². The second kappa shape index (κ2) is 9.44. The minimum absolute atomic E-state index is 0.0570. The van der Waals surface area contributed by atoms with Gasteiger partial charge in [-0.25, -0.2) is 4.98 Å². The average Bonchev–Trinajstić information content (AvgIpc) is 3.42. The van der Waals surface area contributed by atoms with Crippen LogP contribution in [0.15, 0.2) is 59.8 Å². The first-order valence-corrected chi connectivity index (χ1v) is 11.5. The van der Waals surface area contributed by atoms with Gasteiger partial charge in [0.25, 0.3) is 0 Å². The van der Waals surface area contributed by atoms with Crippen LogP contribution in [0.5, 0.6) is 5.75 Å². The van der Waals surface area contributed by atoms with Crippen molar-refractivity contribution in [3.05, 3.63) is 77.1 Å². The SMILES string of the molecule is CCc1ccc(-c2nc(SCC(=O)c3cc(C)n(-c4ccc(OC)cc4)c3C)n[nH]2)cc1. The topological polar surface area (TPSA) is 72.8 Å². The number of aromatic nitrogens is 4. The minimum atomic E-state index is 0.0570. The fraction of sp³-hybridized carbons (Fsp3) is 0.240. The Kier molecular flexibility index (Phi) is 6.46. The molecule has 0 radical (unpaired) electrons. The zero-order chi connectivity index (χ0) is 22.7. The molecule has 0 bridgehead atoms. The van der Waals surface area contributed by atoms with Crippen LogP contribution < -0.4 is 4.74 Å². The largest absolute Gasteiger partial charge is 0.497 e. The lowest BCUT2D eigenvalue weighted by Crippen LogP contribution is -2.05. The number of ketones is 1. The Balaban J connectivity index is 1.46. The van der Waals surface area contributed by atoms with E-state index in [1.165, 1.54) is 17.3 Å². The van der Waals surface area contributed by atoms with E-state index < -0.39 is 0 Å². The smallest absolute Gasteiger partial charge is 0.209 e. The summed E-state index contributed by atoms with van der Waals surface area (Å²) in [4.78, 5) is 17.5. The molecule has 0 unspecified atom stereocenters. The predicted molar refractivity (Wildman–Crippen MR) is 128 cm³/mol. The summed E-state index contributed by atoms with van der Waals surface area (Å²) in [6, 6.07) is 18.0. The number of hydrogen-bond donors (Lipinski definition) is 1. The Morgan fingerprint density at radius 1 is 1.09 bits per heavy atom. The van der Waals surface area contributed by atoms with Crippen LogP contribution in [0, 0.1) is 13.8 Å². The molecule has 2 heterocycles. The number of hydrogen-bond acceptors (Lipinski definition) is 5. The van der Waals surface area contributed by atoms with Gasteiger partial charge >= 0.3 is 0 Å². The zero-order valence-corrected chi connectivity index (χ0v) is 19.5. The first-order valence-electron chi connectivity index (χ1n) is 10.5. The number of ether oxygens (including phenoxy) is 1. The molecule has 2 aromatic heterocycles. The Hall–Kier alpha value is -3.32.